The van der Waals surface area contributed by atoms with Crippen LogP contribution >= 0.6 is 11.6 Å². The maximum atomic E-state index is 12.8. The Morgan fingerprint density at radius 1 is 1.03 bits per heavy atom. The van der Waals surface area contributed by atoms with Gasteiger partial charge < -0.3 is 25.6 Å². The zero-order chi connectivity index (χ0) is 27.1. The third kappa shape index (κ3) is 7.14. The lowest BCUT2D eigenvalue weighted by atomic mass is 9.94. The summed E-state index contributed by atoms with van der Waals surface area (Å²) < 4.78 is 5.31. The lowest BCUT2D eigenvalue weighted by Gasteiger charge is -2.37. The van der Waals surface area contributed by atoms with Crippen molar-refractivity contribution in [1.82, 2.24) is 15.1 Å². The van der Waals surface area contributed by atoms with Crippen LogP contribution < -0.4 is 15.8 Å². The molecular weight excluding hydrogens is 504 g/mol. The van der Waals surface area contributed by atoms with Crippen molar-refractivity contribution in [2.24, 2.45) is 5.92 Å². The Kier molecular flexibility index (Phi) is 9.42. The minimum Gasteiger partial charge on any atom is -0.496 e. The van der Waals surface area contributed by atoms with E-state index in [-0.39, 0.29) is 23.6 Å². The zero-order valence-electron chi connectivity index (χ0n) is 21.7. The van der Waals surface area contributed by atoms with E-state index in [2.05, 4.69) is 10.2 Å². The number of carbonyl (C=O) groups excluding carboxylic acids is 3. The summed E-state index contributed by atoms with van der Waals surface area (Å²) in [5.41, 5.74) is 7.16. The van der Waals surface area contributed by atoms with Gasteiger partial charge in [-0.15, -0.1) is 0 Å². The van der Waals surface area contributed by atoms with Crippen molar-refractivity contribution in [3.63, 3.8) is 0 Å². The molecule has 2 amide bonds. The van der Waals surface area contributed by atoms with Crippen LogP contribution in [0.2, 0.25) is 5.02 Å². The largest absolute Gasteiger partial charge is 0.496 e. The molecule has 2 aliphatic rings. The number of rotatable bonds is 8. The highest BCUT2D eigenvalue weighted by Gasteiger charge is 2.27. The molecule has 0 unspecified atom stereocenters. The van der Waals surface area contributed by atoms with Crippen molar-refractivity contribution in [2.45, 2.75) is 31.7 Å². The number of ether oxygens (including phenoxy) is 1. The molecule has 0 spiro atoms. The number of carbonyl (C=O) groups is 3. The highest BCUT2D eigenvalue weighted by molar-refractivity contribution is 6.33. The zero-order valence-corrected chi connectivity index (χ0v) is 22.5. The number of nitrogens with two attached hydrogens (primary N) is 1. The monoisotopic (exact) mass is 538 g/mol. The number of hydrogen-bond acceptors (Lipinski definition) is 6. The molecule has 0 atom stereocenters. The van der Waals surface area contributed by atoms with E-state index in [0.29, 0.717) is 46.6 Å². The van der Waals surface area contributed by atoms with E-state index in [1.807, 2.05) is 23.1 Å². The maximum absolute atomic E-state index is 12.8. The lowest BCUT2D eigenvalue weighted by Crippen LogP contribution is -2.47. The van der Waals surface area contributed by atoms with Crippen LogP contribution in [-0.4, -0.2) is 73.3 Å². The number of piperidine rings is 2. The summed E-state index contributed by atoms with van der Waals surface area (Å²) in [5, 5.41) is 3.44. The van der Waals surface area contributed by atoms with E-state index in [0.717, 1.165) is 45.3 Å². The summed E-state index contributed by atoms with van der Waals surface area (Å²) in [5.74, 6) is 0.457. The van der Waals surface area contributed by atoms with Gasteiger partial charge in [-0.3, -0.25) is 14.4 Å². The molecule has 202 valence electrons. The van der Waals surface area contributed by atoms with E-state index in [1.54, 1.807) is 24.3 Å². The first-order valence-electron chi connectivity index (χ1n) is 13.1. The molecule has 0 saturated carbocycles. The van der Waals surface area contributed by atoms with Crippen LogP contribution in [0.15, 0.2) is 54.6 Å². The molecular formula is C29H35ClN4O4. The smallest absolute Gasteiger partial charge is 0.255 e. The van der Waals surface area contributed by atoms with E-state index in [9.17, 15) is 14.4 Å². The van der Waals surface area contributed by atoms with Crippen LogP contribution in [0.5, 0.6) is 5.75 Å². The Bertz CT molecular complexity index is 1170. The SMILES string of the molecule is COc1cc(N)c(Cl)cc1C(=O)NC1CCN(CC2CCN(C(=O)/C=C/C(=O)c3ccccc3)CC2)CC1. The Morgan fingerprint density at radius 3 is 2.37 bits per heavy atom. The van der Waals surface area contributed by atoms with Gasteiger partial charge in [0.15, 0.2) is 5.78 Å². The van der Waals surface area contributed by atoms with Crippen molar-refractivity contribution in [3.8, 4) is 5.75 Å². The van der Waals surface area contributed by atoms with Crippen LogP contribution in [0.4, 0.5) is 5.69 Å². The maximum Gasteiger partial charge on any atom is 0.255 e. The number of hydrogen-bond donors (Lipinski definition) is 2. The Hall–Kier alpha value is -3.36. The molecule has 4 rings (SSSR count). The molecule has 0 aromatic heterocycles. The van der Waals surface area contributed by atoms with Gasteiger partial charge in [-0.05, 0) is 43.7 Å². The van der Waals surface area contributed by atoms with E-state index in [4.69, 9.17) is 22.1 Å². The fraction of sp³-hybridized carbons (Fsp3) is 0.414. The fourth-order valence-corrected chi connectivity index (χ4v) is 5.25. The molecule has 2 fully saturated rings. The molecule has 9 heteroatoms. The number of allylic oxidation sites excluding steroid dienone is 1. The third-order valence-corrected chi connectivity index (χ3v) is 7.69. The number of nitrogens with one attached hydrogen (secondary N) is 1. The third-order valence-electron chi connectivity index (χ3n) is 7.36. The molecule has 2 aromatic carbocycles. The topological polar surface area (TPSA) is 105 Å². The van der Waals surface area contributed by atoms with Crippen LogP contribution in [0.25, 0.3) is 0 Å². The van der Waals surface area contributed by atoms with Gasteiger partial charge in [-0.25, -0.2) is 0 Å². The molecule has 0 radical (unpaired) electrons. The molecule has 0 bridgehead atoms. The molecule has 8 nitrogen and oxygen atoms in total. The van der Waals surface area contributed by atoms with Gasteiger partial charge in [-0.1, -0.05) is 41.9 Å². The summed E-state index contributed by atoms with van der Waals surface area (Å²) in [6.45, 7) is 4.21. The number of halogens is 1. The Balaban J connectivity index is 1.18. The summed E-state index contributed by atoms with van der Waals surface area (Å²) in [6.07, 6.45) is 6.39. The minimum absolute atomic E-state index is 0.0876. The molecule has 3 N–H and O–H groups in total. The Morgan fingerprint density at radius 2 is 1.71 bits per heavy atom. The highest BCUT2D eigenvalue weighted by Crippen LogP contribution is 2.29. The molecule has 38 heavy (non-hydrogen) atoms. The summed E-state index contributed by atoms with van der Waals surface area (Å²) in [7, 11) is 1.50. The van der Waals surface area contributed by atoms with Gasteiger partial charge in [0.25, 0.3) is 5.91 Å². The first-order valence-corrected chi connectivity index (χ1v) is 13.4. The standard InChI is InChI=1S/C29H35ClN4O4/c1-38-27-18-25(31)24(30)17-23(27)29(37)32-22-11-13-33(14-12-22)19-20-9-15-34(16-10-20)28(36)8-7-26(35)21-5-3-2-4-6-21/h2-8,17-18,20,22H,9-16,19,31H2,1H3,(H,32,37)/b8-7+. The number of likely N-dealkylation sites (tertiary alicyclic amines) is 2. The normalized spacial score (nSPS) is 17.5. The van der Waals surface area contributed by atoms with Crippen molar-refractivity contribution in [3.05, 3.63) is 70.8 Å². The molecule has 0 aliphatic carbocycles. The summed E-state index contributed by atoms with van der Waals surface area (Å²) in [6, 6.07) is 12.2. The number of nitrogens with zero attached hydrogens (tertiary/aromatic N) is 2. The second kappa shape index (κ2) is 12.9. The second-order valence-electron chi connectivity index (χ2n) is 9.95. The number of benzene rings is 2. The van der Waals surface area contributed by atoms with E-state index < -0.39 is 0 Å². The van der Waals surface area contributed by atoms with Gasteiger partial charge >= 0.3 is 0 Å². The van der Waals surface area contributed by atoms with Crippen LogP contribution in [-0.2, 0) is 4.79 Å². The number of nitrogen functional groups attached to an aromatic ring is 1. The fourth-order valence-electron chi connectivity index (χ4n) is 5.09. The number of anilines is 1. The molecule has 2 aliphatic heterocycles. The first kappa shape index (κ1) is 27.7. The van der Waals surface area contributed by atoms with Gasteiger partial charge in [0.05, 0.1) is 23.4 Å². The predicted octanol–water partition coefficient (Wildman–Crippen LogP) is 3.80. The van der Waals surface area contributed by atoms with Crippen molar-refractivity contribution >= 4 is 34.9 Å². The van der Waals surface area contributed by atoms with Crippen molar-refractivity contribution < 1.29 is 19.1 Å². The van der Waals surface area contributed by atoms with Gasteiger partial charge in [0.1, 0.15) is 5.75 Å². The van der Waals surface area contributed by atoms with Crippen molar-refractivity contribution in [2.75, 3.05) is 45.6 Å². The minimum atomic E-state index is -0.209. The average molecular weight is 539 g/mol. The molecule has 2 heterocycles. The van der Waals surface area contributed by atoms with Crippen LogP contribution in [0.1, 0.15) is 46.4 Å². The van der Waals surface area contributed by atoms with Gasteiger partial charge in [-0.2, -0.15) is 0 Å². The second-order valence-corrected chi connectivity index (χ2v) is 10.4. The average Bonchev–Trinajstić information content (AvgIpc) is 2.94. The van der Waals surface area contributed by atoms with E-state index in [1.165, 1.54) is 19.3 Å². The molecule has 2 saturated heterocycles. The van der Waals surface area contributed by atoms with Crippen LogP contribution in [0.3, 0.4) is 0 Å². The number of methoxy groups -OCH3 is 1. The summed E-state index contributed by atoms with van der Waals surface area (Å²) in [4.78, 5) is 41.9. The van der Waals surface area contributed by atoms with Crippen molar-refractivity contribution in [1.29, 1.82) is 0 Å². The predicted molar refractivity (Wildman–Crippen MR) is 149 cm³/mol. The Labute approximate surface area is 228 Å². The quantitative estimate of drug-likeness (QED) is 0.301. The highest BCUT2D eigenvalue weighted by atomic mass is 35.5. The first-order chi connectivity index (χ1) is 18.3. The number of amides is 2. The lowest BCUT2D eigenvalue weighted by molar-refractivity contribution is -0.127. The number of ketones is 1. The van der Waals surface area contributed by atoms with Crippen LogP contribution in [0, 0.1) is 5.92 Å². The van der Waals surface area contributed by atoms with Gasteiger partial charge in [0, 0.05) is 56.5 Å². The van der Waals surface area contributed by atoms with E-state index >= 15 is 0 Å². The molecule has 2 aromatic rings. The van der Waals surface area contributed by atoms with Gasteiger partial charge in [0.2, 0.25) is 5.91 Å². The summed E-state index contributed by atoms with van der Waals surface area (Å²) >= 11 is 6.11.